The molecule has 200 valence electrons. The van der Waals surface area contributed by atoms with Crippen molar-refractivity contribution in [2.75, 3.05) is 0 Å². The molecule has 5 rings (SSSR count). The van der Waals surface area contributed by atoms with Crippen molar-refractivity contribution in [3.05, 3.63) is 59.9 Å². The van der Waals surface area contributed by atoms with E-state index in [2.05, 4.69) is 15.2 Å². The zero-order valence-electron chi connectivity index (χ0n) is 21.6. The first-order valence-electron chi connectivity index (χ1n) is 13.2. The number of ether oxygens (including phenoxy) is 2. The molecule has 1 aliphatic heterocycles. The van der Waals surface area contributed by atoms with Crippen molar-refractivity contribution in [2.45, 2.75) is 80.9 Å². The van der Waals surface area contributed by atoms with Gasteiger partial charge in [-0.2, -0.15) is 0 Å². The molecule has 7 nitrogen and oxygen atoms in total. The van der Waals surface area contributed by atoms with E-state index in [1.165, 1.54) is 6.07 Å². The van der Waals surface area contributed by atoms with Crippen LogP contribution in [0, 0.1) is 11.7 Å². The molecule has 1 N–H and O–H groups in total. The van der Waals surface area contributed by atoms with Crippen LogP contribution in [-0.4, -0.2) is 43.9 Å². The molecular weight excluding hydrogens is 505 g/mol. The first kappa shape index (κ1) is 26.4. The van der Waals surface area contributed by atoms with Gasteiger partial charge in [0.1, 0.15) is 5.60 Å². The smallest absolute Gasteiger partial charge is 0.327 e. The van der Waals surface area contributed by atoms with Crippen LogP contribution in [0.15, 0.2) is 53.7 Å². The van der Waals surface area contributed by atoms with E-state index in [9.17, 15) is 14.0 Å². The van der Waals surface area contributed by atoms with E-state index in [0.717, 1.165) is 48.6 Å². The number of hydrogen-bond donors (Lipinski definition) is 1. The molecule has 1 saturated heterocycles. The number of thioether (sulfide) groups is 1. The van der Waals surface area contributed by atoms with Crippen molar-refractivity contribution >= 4 is 23.5 Å². The fourth-order valence-corrected chi connectivity index (χ4v) is 6.29. The van der Waals surface area contributed by atoms with Crippen LogP contribution < -0.4 is 4.74 Å². The molecule has 38 heavy (non-hydrogen) atoms. The van der Waals surface area contributed by atoms with Crippen LogP contribution in [0.1, 0.15) is 57.9 Å². The third-order valence-corrected chi connectivity index (χ3v) is 8.40. The topological polar surface area (TPSA) is 94.2 Å². The Morgan fingerprint density at radius 1 is 1.16 bits per heavy atom. The van der Waals surface area contributed by atoms with Gasteiger partial charge in [0.05, 0.1) is 6.10 Å². The number of aryl methyl sites for hydroxylation is 1. The standard InChI is InChI=1S/C29H32FN3O4S/c1-18(2)36-24-13-12-19(16-22(24)30)14-15-29(21-10-6-7-11-21)17-23(34)25(27(35)37-29)38-28-31-26(32-33-28)20-8-4-3-5-9-20/h3-5,8-9,12-13,16,18,21,25H,6-7,10-11,14-15,17H2,1-2H3,(H,31,32,33). The third-order valence-electron chi connectivity index (χ3n) is 7.31. The molecule has 2 atom stereocenters. The quantitative estimate of drug-likeness (QED) is 0.267. The Morgan fingerprint density at radius 3 is 2.61 bits per heavy atom. The predicted octanol–water partition coefficient (Wildman–Crippen LogP) is 5.94. The number of ketones is 1. The number of carbonyl (C=O) groups is 2. The number of benzene rings is 2. The number of hydrogen-bond acceptors (Lipinski definition) is 7. The van der Waals surface area contributed by atoms with E-state index in [1.807, 2.05) is 50.2 Å². The Kier molecular flexibility index (Phi) is 7.83. The first-order valence-corrected chi connectivity index (χ1v) is 14.1. The molecule has 1 saturated carbocycles. The van der Waals surface area contributed by atoms with Gasteiger partial charge >= 0.3 is 5.97 Å². The first-order chi connectivity index (χ1) is 18.3. The highest BCUT2D eigenvalue weighted by Gasteiger charge is 2.52. The van der Waals surface area contributed by atoms with Crippen molar-refractivity contribution in [1.29, 1.82) is 0 Å². The lowest BCUT2D eigenvalue weighted by Crippen LogP contribution is -2.53. The van der Waals surface area contributed by atoms with E-state index in [-0.39, 0.29) is 30.0 Å². The van der Waals surface area contributed by atoms with Crippen molar-refractivity contribution in [3.8, 4) is 17.1 Å². The summed E-state index contributed by atoms with van der Waals surface area (Å²) in [5.74, 6) is -0.228. The molecule has 1 aliphatic carbocycles. The van der Waals surface area contributed by atoms with Gasteiger partial charge in [-0.25, -0.2) is 9.37 Å². The normalized spacial score (nSPS) is 22.2. The lowest BCUT2D eigenvalue weighted by molar-refractivity contribution is -0.177. The summed E-state index contributed by atoms with van der Waals surface area (Å²) < 4.78 is 26.3. The highest BCUT2D eigenvalue weighted by Crippen LogP contribution is 2.45. The summed E-state index contributed by atoms with van der Waals surface area (Å²) in [6.07, 6.45) is 4.90. The van der Waals surface area contributed by atoms with Crippen LogP contribution in [0.5, 0.6) is 5.75 Å². The largest absolute Gasteiger partial charge is 0.488 e. The molecule has 0 bridgehead atoms. The summed E-state index contributed by atoms with van der Waals surface area (Å²) in [5.41, 5.74) is 0.773. The van der Waals surface area contributed by atoms with Gasteiger partial charge in [0.15, 0.2) is 28.4 Å². The van der Waals surface area contributed by atoms with Crippen molar-refractivity contribution in [3.63, 3.8) is 0 Å². The number of halogens is 1. The number of carbonyl (C=O) groups excluding carboxylic acids is 2. The molecule has 2 fully saturated rings. The number of rotatable bonds is 9. The summed E-state index contributed by atoms with van der Waals surface area (Å²) in [7, 11) is 0. The van der Waals surface area contributed by atoms with Gasteiger partial charge in [-0.15, -0.1) is 5.10 Å². The molecule has 1 aromatic heterocycles. The van der Waals surface area contributed by atoms with E-state index >= 15 is 0 Å². The molecule has 2 aromatic carbocycles. The molecule has 9 heteroatoms. The van der Waals surface area contributed by atoms with Crippen LogP contribution in [0.4, 0.5) is 4.39 Å². The summed E-state index contributed by atoms with van der Waals surface area (Å²) in [4.78, 5) is 31.1. The zero-order valence-corrected chi connectivity index (χ0v) is 22.4. The number of aromatic amines is 1. The van der Waals surface area contributed by atoms with E-state index < -0.39 is 22.6 Å². The molecule has 2 heterocycles. The van der Waals surface area contributed by atoms with Crippen LogP contribution in [0.3, 0.4) is 0 Å². The second-order valence-electron chi connectivity index (χ2n) is 10.4. The molecule has 0 radical (unpaired) electrons. The van der Waals surface area contributed by atoms with E-state index in [0.29, 0.717) is 23.8 Å². The second-order valence-corrected chi connectivity index (χ2v) is 11.4. The molecule has 0 amide bonds. The Labute approximate surface area is 225 Å². The van der Waals surface area contributed by atoms with Crippen LogP contribution in [0.2, 0.25) is 0 Å². The predicted molar refractivity (Wildman–Crippen MR) is 142 cm³/mol. The number of Topliss-reactive ketones (excluding diaryl/α,β-unsaturated/α-hetero) is 1. The maximum Gasteiger partial charge on any atom is 0.327 e. The Hall–Kier alpha value is -3.20. The molecule has 0 spiro atoms. The van der Waals surface area contributed by atoms with Gasteiger partial charge in [-0.1, -0.05) is 61.0 Å². The summed E-state index contributed by atoms with van der Waals surface area (Å²) in [5, 5.41) is 6.39. The van der Waals surface area contributed by atoms with Gasteiger partial charge < -0.3 is 9.47 Å². The minimum Gasteiger partial charge on any atom is -0.488 e. The average molecular weight is 538 g/mol. The highest BCUT2D eigenvalue weighted by molar-refractivity contribution is 8.01. The maximum absolute atomic E-state index is 14.6. The Balaban J connectivity index is 1.30. The molecule has 2 aliphatic rings. The number of esters is 1. The van der Waals surface area contributed by atoms with Crippen molar-refractivity contribution in [1.82, 2.24) is 15.2 Å². The monoisotopic (exact) mass is 537 g/mol. The molecular formula is C29H32FN3O4S. The zero-order chi connectivity index (χ0) is 26.7. The number of nitrogens with one attached hydrogen (secondary N) is 1. The van der Waals surface area contributed by atoms with E-state index in [4.69, 9.17) is 9.47 Å². The average Bonchev–Trinajstić information content (AvgIpc) is 3.60. The second kappa shape index (κ2) is 11.3. The summed E-state index contributed by atoms with van der Waals surface area (Å²) in [6, 6.07) is 14.5. The maximum atomic E-state index is 14.6. The lowest BCUT2D eigenvalue weighted by atomic mass is 9.76. The molecule has 2 unspecified atom stereocenters. The number of aromatic nitrogens is 3. The fourth-order valence-electron chi connectivity index (χ4n) is 5.48. The summed E-state index contributed by atoms with van der Waals surface area (Å²) in [6.45, 7) is 3.70. The van der Waals surface area contributed by atoms with Crippen molar-refractivity contribution in [2.24, 2.45) is 5.92 Å². The van der Waals surface area contributed by atoms with Gasteiger partial charge in [-0.05, 0) is 63.1 Å². The van der Waals surface area contributed by atoms with Crippen LogP contribution >= 0.6 is 11.8 Å². The van der Waals surface area contributed by atoms with E-state index in [1.54, 1.807) is 6.07 Å². The molecule has 3 aromatic rings. The minimum absolute atomic E-state index is 0.114. The Bertz CT molecular complexity index is 1270. The Morgan fingerprint density at radius 2 is 1.92 bits per heavy atom. The SMILES string of the molecule is CC(C)Oc1ccc(CCC2(C3CCCC3)CC(=O)C(Sc3n[nH]c(-c4ccccc4)n3)C(=O)O2)cc1F. The lowest BCUT2D eigenvalue weighted by Gasteiger charge is -2.42. The summed E-state index contributed by atoms with van der Waals surface area (Å²) >= 11 is 1.02. The van der Waals surface area contributed by atoms with Crippen LogP contribution in [-0.2, 0) is 20.7 Å². The fraction of sp³-hybridized carbons (Fsp3) is 0.448. The van der Waals surface area contributed by atoms with Crippen LogP contribution in [0.25, 0.3) is 11.4 Å². The highest BCUT2D eigenvalue weighted by atomic mass is 32.2. The van der Waals surface area contributed by atoms with Gasteiger partial charge in [0, 0.05) is 12.0 Å². The van der Waals surface area contributed by atoms with Gasteiger partial charge in [0.2, 0.25) is 5.16 Å². The number of cyclic esters (lactones) is 1. The third kappa shape index (κ3) is 5.77. The van der Waals surface area contributed by atoms with Crippen molar-refractivity contribution < 1.29 is 23.5 Å². The van der Waals surface area contributed by atoms with Gasteiger partial charge in [-0.3, -0.25) is 14.7 Å². The van der Waals surface area contributed by atoms with Gasteiger partial charge in [0.25, 0.3) is 0 Å². The number of H-pyrrole nitrogens is 1. The minimum atomic E-state index is -1.01. The number of nitrogens with zero attached hydrogens (tertiary/aromatic N) is 2.